The minimum atomic E-state index is -0.862. The number of thiophene rings is 4. The molecule has 0 saturated carbocycles. The molecule has 0 bridgehead atoms. The van der Waals surface area contributed by atoms with Gasteiger partial charge in [-0.1, -0.05) is 72.8 Å². The molecule has 0 N–H and O–H groups in total. The topological polar surface area (TPSA) is 161 Å². The molecule has 20 nitrogen and oxygen atoms in total. The molecule has 16 aromatic rings. The molecule has 24 heteroatoms. The average molecular weight is 1790 g/mol. The summed E-state index contributed by atoms with van der Waals surface area (Å²) in [5.74, 6) is 9.70. The second-order valence-electron chi connectivity index (χ2n) is 30.0. The van der Waals surface area contributed by atoms with Gasteiger partial charge in [-0.2, -0.15) is 0 Å². The van der Waals surface area contributed by atoms with Crippen LogP contribution in [0.5, 0.6) is 92.0 Å². The van der Waals surface area contributed by atoms with Crippen molar-refractivity contribution >= 4 is 114 Å². The van der Waals surface area contributed by atoms with Gasteiger partial charge in [-0.15, -0.1) is 45.3 Å². The maximum Gasteiger partial charge on any atom is 0.146 e. The Labute approximate surface area is 765 Å². The van der Waals surface area contributed by atoms with Gasteiger partial charge < -0.3 is 85.6 Å². The molecule has 0 unspecified atom stereocenters. The monoisotopic (exact) mass is 1790 g/mol. The largest absolute Gasteiger partial charge is 0.497 e. The van der Waals surface area contributed by atoms with Crippen LogP contribution in [0.3, 0.4) is 0 Å². The molecule has 4 aromatic heterocycles. The van der Waals surface area contributed by atoms with Crippen molar-refractivity contribution in [2.24, 2.45) is 0 Å². The quantitative estimate of drug-likeness (QED) is 0.0391. The van der Waals surface area contributed by atoms with Crippen LogP contribution in [0, 0.1) is 0 Å². The Morgan fingerprint density at radius 3 is 0.512 bits per heavy atom. The molecule has 12 aromatic carbocycles. The van der Waals surface area contributed by atoms with Gasteiger partial charge in [0, 0.05) is 115 Å². The molecule has 4 heterocycles. The van der Waals surface area contributed by atoms with Gasteiger partial charge in [0.05, 0.1) is 161 Å². The maximum absolute atomic E-state index is 6.16. The highest BCUT2D eigenvalue weighted by atomic mass is 32.1. The number of hydrogen-bond donors (Lipinski definition) is 0. The van der Waals surface area contributed by atoms with Crippen LogP contribution in [0.1, 0.15) is 22.3 Å². The second-order valence-corrected chi connectivity index (χ2v) is 34.2. The third-order valence-corrected chi connectivity index (χ3v) is 28.5. The first-order chi connectivity index (χ1) is 63.1. The van der Waals surface area contributed by atoms with Gasteiger partial charge in [0.2, 0.25) is 0 Å². The second kappa shape index (κ2) is 36.1. The molecule has 0 radical (unpaired) electrons. The minimum absolute atomic E-state index is 0.585. The number of nitrogens with zero attached hydrogens (tertiary/aromatic N) is 4. The molecule has 129 heavy (non-hydrogen) atoms. The summed E-state index contributed by atoms with van der Waals surface area (Å²) in [6, 6.07) is 91.2. The molecule has 0 fully saturated rings. The zero-order valence-electron chi connectivity index (χ0n) is 73.9. The van der Waals surface area contributed by atoms with Gasteiger partial charge in [0.1, 0.15) is 115 Å². The van der Waals surface area contributed by atoms with Crippen LogP contribution in [-0.2, 0) is 5.41 Å². The zero-order chi connectivity index (χ0) is 89.5. The fraction of sp³-hybridized carbons (Fsp3) is 0.162. The van der Waals surface area contributed by atoms with E-state index in [1.165, 1.54) is 41.8 Å². The summed E-state index contributed by atoms with van der Waals surface area (Å²) in [5, 5.41) is 0. The van der Waals surface area contributed by atoms with E-state index in [9.17, 15) is 0 Å². The number of anilines is 12. The molecule has 652 valence electrons. The highest BCUT2D eigenvalue weighted by Crippen LogP contribution is 2.71. The van der Waals surface area contributed by atoms with Crippen molar-refractivity contribution in [3.63, 3.8) is 0 Å². The summed E-state index contributed by atoms with van der Waals surface area (Å²) in [5.41, 5.74) is 17.2. The van der Waals surface area contributed by atoms with Gasteiger partial charge in [-0.25, -0.2) is 0 Å². The van der Waals surface area contributed by atoms with Crippen LogP contribution in [0.25, 0.3) is 61.3 Å². The van der Waals surface area contributed by atoms with E-state index < -0.39 is 5.41 Å². The number of hydrogen-bond acceptors (Lipinski definition) is 24. The lowest BCUT2D eigenvalue weighted by atomic mass is 9.72. The zero-order valence-corrected chi connectivity index (χ0v) is 77.1. The first-order valence-corrected chi connectivity index (χ1v) is 44.4. The fourth-order valence-corrected chi connectivity index (χ4v) is 22.6. The Bertz CT molecular complexity index is 6040. The maximum atomic E-state index is 6.16. The molecule has 2 aliphatic rings. The average Bonchev–Trinajstić information content (AvgIpc) is 1.49. The highest BCUT2D eigenvalue weighted by Gasteiger charge is 2.56. The molecule has 1 spiro atoms. The summed E-state index contributed by atoms with van der Waals surface area (Å²) >= 11 is 7.24. The number of methoxy groups -OCH3 is 16. The van der Waals surface area contributed by atoms with Crippen LogP contribution in [0.2, 0.25) is 0 Å². The molecule has 0 saturated heterocycles. The summed E-state index contributed by atoms with van der Waals surface area (Å²) < 4.78 is 96.5. The fourth-order valence-electron chi connectivity index (χ4n) is 17.4. The van der Waals surface area contributed by atoms with E-state index in [1.807, 2.05) is 168 Å². The minimum Gasteiger partial charge on any atom is -0.497 e. The number of benzene rings is 12. The van der Waals surface area contributed by atoms with Crippen molar-refractivity contribution in [2.45, 2.75) is 5.41 Å². The Morgan fingerprint density at radius 2 is 0.349 bits per heavy atom. The summed E-state index contributed by atoms with van der Waals surface area (Å²) in [6.07, 6.45) is 0. The first kappa shape index (κ1) is 85.2. The van der Waals surface area contributed by atoms with E-state index in [2.05, 4.69) is 141 Å². The predicted molar refractivity (Wildman–Crippen MR) is 520 cm³/mol. The van der Waals surface area contributed by atoms with Crippen molar-refractivity contribution < 1.29 is 75.8 Å². The van der Waals surface area contributed by atoms with Crippen molar-refractivity contribution in [2.75, 3.05) is 133 Å². The third-order valence-electron chi connectivity index (χ3n) is 23.5. The molecular formula is C105H92N4O16S4. The van der Waals surface area contributed by atoms with E-state index in [1.54, 1.807) is 136 Å². The van der Waals surface area contributed by atoms with E-state index in [0.29, 0.717) is 115 Å². The van der Waals surface area contributed by atoms with Crippen LogP contribution in [-0.4, -0.2) is 114 Å². The van der Waals surface area contributed by atoms with Gasteiger partial charge in [-0.05, 0) is 166 Å². The van der Waals surface area contributed by atoms with E-state index in [0.717, 1.165) is 87.3 Å². The van der Waals surface area contributed by atoms with Crippen LogP contribution < -0.4 is 95.4 Å². The van der Waals surface area contributed by atoms with Gasteiger partial charge in [0.15, 0.2) is 0 Å². The first-order valence-electron chi connectivity index (χ1n) is 41.1. The Kier molecular flexibility index (Phi) is 23.8. The van der Waals surface area contributed by atoms with Crippen LogP contribution in [0.4, 0.5) is 68.2 Å². The van der Waals surface area contributed by atoms with E-state index in [4.69, 9.17) is 75.8 Å². The smallest absolute Gasteiger partial charge is 0.146 e. The van der Waals surface area contributed by atoms with Crippen molar-refractivity contribution in [3.8, 4) is 153 Å². The van der Waals surface area contributed by atoms with Gasteiger partial charge in [-0.3, -0.25) is 9.80 Å². The normalized spacial score (nSPS) is 11.8. The standard InChI is InChI=1S/C105H92N4O16S4/c1-110-73-45-69(46-74(53-73)111-2)106(70-47-75(112-3)54-76(48-70)113-4)65-37-29-61(30-38-65)93-57-81-101(126-93)102-82(58-94(127-102)62-31-39-66(40-32-62)107(71-49-77(114-5)55-78(50-71)115-6)72-51-79(116-7)56-80(52-72)117-8)105(81)83-59-95(63-33-41-67(42-34-63)108(97-85(118-9)21-17-22-86(97)119-10)98-87(120-11)23-18-24-88(98)121-12)128-103(83)104-84(105)60-96(129-104)64-35-43-68(44-36-64)109(99-89(122-13)25-19-26-90(99)123-14)100-91(124-15)27-20-28-92(100)125-16/h17-60H,1-16H3. The summed E-state index contributed by atoms with van der Waals surface area (Å²) in [4.78, 5) is 17.5. The third kappa shape index (κ3) is 15.1. The molecule has 0 amide bonds. The summed E-state index contributed by atoms with van der Waals surface area (Å²) in [7, 11) is 26.5. The Hall–Kier alpha value is -14.6. The number of fused-ring (bicyclic) bond motifs is 10. The van der Waals surface area contributed by atoms with E-state index in [-0.39, 0.29) is 0 Å². The van der Waals surface area contributed by atoms with Crippen molar-refractivity contribution in [3.05, 3.63) is 289 Å². The van der Waals surface area contributed by atoms with E-state index >= 15 is 0 Å². The lowest BCUT2D eigenvalue weighted by molar-refractivity contribution is 0.390. The lowest BCUT2D eigenvalue weighted by Crippen LogP contribution is -2.24. The molecular weight excluding hydrogens is 1700 g/mol. The predicted octanol–water partition coefficient (Wildman–Crippen LogP) is 27.0. The molecule has 18 rings (SSSR count). The molecule has 2 aliphatic carbocycles. The van der Waals surface area contributed by atoms with Crippen molar-refractivity contribution in [1.82, 2.24) is 0 Å². The molecule has 0 aliphatic heterocycles. The summed E-state index contributed by atoms with van der Waals surface area (Å²) in [6.45, 7) is 0. The van der Waals surface area contributed by atoms with Gasteiger partial charge in [0.25, 0.3) is 0 Å². The van der Waals surface area contributed by atoms with Crippen LogP contribution in [0.15, 0.2) is 267 Å². The highest BCUT2D eigenvalue weighted by molar-refractivity contribution is 7.27. The van der Waals surface area contributed by atoms with Crippen molar-refractivity contribution in [1.29, 1.82) is 0 Å². The molecule has 0 atom stereocenters. The Balaban J connectivity index is 0.848. The number of para-hydroxylation sites is 4. The SMILES string of the molecule is COc1cc(OC)cc(N(c2ccc(-c3cc4c(s3)-c3sc(-c5ccc(N(c6cc(OC)cc(OC)c6)c6cc(OC)cc(OC)c6)cc5)cc3C43c4cc(-c5ccc(N(c6c(OC)cccc6OC)c6c(OC)cccc6OC)cc5)sc4-c4sc(-c5ccc(N(c6c(OC)cccc6OC)c6c(OC)cccc6OC)cc5)cc43)cc2)c2cc(OC)cc(OC)c2)c1. The van der Waals surface area contributed by atoms with Crippen LogP contribution >= 0.6 is 45.3 Å². The van der Waals surface area contributed by atoms with Gasteiger partial charge >= 0.3 is 0 Å². The lowest BCUT2D eigenvalue weighted by Gasteiger charge is -2.30. The number of rotatable bonds is 32. The number of ether oxygens (including phenoxy) is 16. The Morgan fingerprint density at radius 1 is 0.178 bits per heavy atom.